The molecule has 0 bridgehead atoms. The Kier molecular flexibility index (Phi) is 5.01. The highest BCUT2D eigenvalue weighted by Crippen LogP contribution is 2.34. The van der Waals surface area contributed by atoms with Gasteiger partial charge in [-0.1, -0.05) is 41.4 Å². The molecule has 0 fully saturated rings. The smallest absolute Gasteiger partial charge is 0.292 e. The van der Waals surface area contributed by atoms with Crippen molar-refractivity contribution >= 4 is 34.6 Å². The molecule has 1 unspecified atom stereocenters. The Bertz CT molecular complexity index is 644. The van der Waals surface area contributed by atoms with E-state index in [0.717, 1.165) is 0 Å². The molecule has 21 heavy (non-hydrogen) atoms. The molecule has 1 atom stereocenters. The standard InChI is InChI=1S/C14H12Cl2N2O3/c15-9-4-3-5-10(16)14(9)12(8-19)17-11-6-1-2-7-13(11)18(20)21/h1-7,12,17,19H,8H2. The third-order valence-corrected chi connectivity index (χ3v) is 3.62. The van der Waals surface area contributed by atoms with Crippen LogP contribution in [0.4, 0.5) is 11.4 Å². The van der Waals surface area contributed by atoms with Crippen LogP contribution in [0.25, 0.3) is 0 Å². The molecule has 0 aromatic heterocycles. The SMILES string of the molecule is O=[N+]([O-])c1ccccc1NC(CO)c1c(Cl)cccc1Cl. The first-order valence-electron chi connectivity index (χ1n) is 6.09. The minimum absolute atomic E-state index is 0.0841. The summed E-state index contributed by atoms with van der Waals surface area (Å²) >= 11 is 12.2. The van der Waals surface area contributed by atoms with Gasteiger partial charge >= 0.3 is 0 Å². The number of para-hydroxylation sites is 2. The van der Waals surface area contributed by atoms with Gasteiger partial charge in [0.05, 0.1) is 17.6 Å². The van der Waals surface area contributed by atoms with Gasteiger partial charge < -0.3 is 10.4 Å². The maximum atomic E-state index is 11.0. The highest BCUT2D eigenvalue weighted by Gasteiger charge is 2.21. The lowest BCUT2D eigenvalue weighted by Crippen LogP contribution is -2.16. The normalized spacial score (nSPS) is 12.0. The molecule has 7 heteroatoms. The molecule has 0 aliphatic carbocycles. The van der Waals surface area contributed by atoms with Crippen LogP contribution in [0.15, 0.2) is 42.5 Å². The Morgan fingerprint density at radius 2 is 1.76 bits per heavy atom. The molecule has 110 valence electrons. The number of hydrogen-bond acceptors (Lipinski definition) is 4. The quantitative estimate of drug-likeness (QED) is 0.642. The first-order valence-corrected chi connectivity index (χ1v) is 6.85. The minimum atomic E-state index is -0.646. The van der Waals surface area contributed by atoms with Crippen LogP contribution in [0.3, 0.4) is 0 Å². The minimum Gasteiger partial charge on any atom is -0.394 e. The molecule has 0 radical (unpaired) electrons. The summed E-state index contributed by atoms with van der Waals surface area (Å²) in [5.74, 6) is 0. The predicted octanol–water partition coefficient (Wildman–Crippen LogP) is 4.05. The number of hydrogen-bond donors (Lipinski definition) is 2. The lowest BCUT2D eigenvalue weighted by Gasteiger charge is -2.20. The first-order chi connectivity index (χ1) is 10.0. The van der Waals surface area contributed by atoms with Gasteiger partial charge in [0.1, 0.15) is 5.69 Å². The summed E-state index contributed by atoms with van der Waals surface area (Å²) < 4.78 is 0. The number of nitrogens with one attached hydrogen (secondary N) is 1. The number of anilines is 1. The Hall–Kier alpha value is -1.82. The Balaban J connectivity index is 2.39. The van der Waals surface area contributed by atoms with Crippen LogP contribution in [-0.2, 0) is 0 Å². The summed E-state index contributed by atoms with van der Waals surface area (Å²) in [7, 11) is 0. The summed E-state index contributed by atoms with van der Waals surface area (Å²) in [5, 5.41) is 24.3. The number of benzene rings is 2. The summed E-state index contributed by atoms with van der Waals surface area (Å²) in [6.07, 6.45) is 0. The van der Waals surface area contributed by atoms with Crippen molar-refractivity contribution in [2.24, 2.45) is 0 Å². The molecule has 0 spiro atoms. The van der Waals surface area contributed by atoms with Crippen molar-refractivity contribution in [1.82, 2.24) is 0 Å². The molecule has 2 rings (SSSR count). The van der Waals surface area contributed by atoms with E-state index in [1.165, 1.54) is 6.07 Å². The zero-order valence-electron chi connectivity index (χ0n) is 10.8. The van der Waals surface area contributed by atoms with Crippen molar-refractivity contribution in [2.75, 3.05) is 11.9 Å². The van der Waals surface area contributed by atoms with Gasteiger partial charge in [-0.25, -0.2) is 0 Å². The molecular weight excluding hydrogens is 315 g/mol. The van der Waals surface area contributed by atoms with E-state index in [-0.39, 0.29) is 18.0 Å². The van der Waals surface area contributed by atoms with Crippen LogP contribution >= 0.6 is 23.2 Å². The number of rotatable bonds is 5. The van der Waals surface area contributed by atoms with E-state index in [9.17, 15) is 15.2 Å². The highest BCUT2D eigenvalue weighted by molar-refractivity contribution is 6.36. The molecule has 0 heterocycles. The van der Waals surface area contributed by atoms with Crippen LogP contribution in [-0.4, -0.2) is 16.6 Å². The van der Waals surface area contributed by atoms with Crippen molar-refractivity contribution in [3.05, 3.63) is 68.2 Å². The van der Waals surface area contributed by atoms with Crippen LogP contribution in [0.1, 0.15) is 11.6 Å². The summed E-state index contributed by atoms with van der Waals surface area (Å²) in [6.45, 7) is -0.310. The van der Waals surface area contributed by atoms with E-state index in [1.54, 1.807) is 36.4 Å². The molecule has 2 aromatic rings. The number of nitro groups is 1. The molecule has 5 nitrogen and oxygen atoms in total. The maximum Gasteiger partial charge on any atom is 0.292 e. The third-order valence-electron chi connectivity index (χ3n) is 2.96. The van der Waals surface area contributed by atoms with Gasteiger partial charge in [-0.15, -0.1) is 0 Å². The molecule has 0 aliphatic rings. The van der Waals surface area contributed by atoms with Gasteiger partial charge in [0.25, 0.3) is 5.69 Å². The van der Waals surface area contributed by atoms with Gasteiger partial charge in [-0.05, 0) is 18.2 Å². The largest absolute Gasteiger partial charge is 0.394 e. The maximum absolute atomic E-state index is 11.0. The lowest BCUT2D eigenvalue weighted by atomic mass is 10.1. The molecular formula is C14H12Cl2N2O3. The number of aliphatic hydroxyl groups excluding tert-OH is 1. The average molecular weight is 327 g/mol. The van der Waals surface area contributed by atoms with Gasteiger partial charge in [0.15, 0.2) is 0 Å². The van der Waals surface area contributed by atoms with E-state index >= 15 is 0 Å². The number of nitro benzene ring substituents is 1. The second-order valence-electron chi connectivity index (χ2n) is 4.29. The molecule has 0 aliphatic heterocycles. The van der Waals surface area contributed by atoms with Crippen LogP contribution in [0, 0.1) is 10.1 Å². The molecule has 0 amide bonds. The van der Waals surface area contributed by atoms with Crippen LogP contribution < -0.4 is 5.32 Å². The Morgan fingerprint density at radius 1 is 1.14 bits per heavy atom. The van der Waals surface area contributed by atoms with E-state index in [1.807, 2.05) is 0 Å². The number of aliphatic hydroxyl groups is 1. The third kappa shape index (κ3) is 3.44. The second kappa shape index (κ2) is 6.76. The van der Waals surface area contributed by atoms with Crippen molar-refractivity contribution in [2.45, 2.75) is 6.04 Å². The molecule has 0 saturated heterocycles. The zero-order valence-corrected chi connectivity index (χ0v) is 12.3. The monoisotopic (exact) mass is 326 g/mol. The van der Waals surface area contributed by atoms with E-state index in [2.05, 4.69) is 5.32 Å². The summed E-state index contributed by atoms with van der Waals surface area (Å²) in [6, 6.07) is 10.5. The van der Waals surface area contributed by atoms with E-state index < -0.39 is 11.0 Å². The van der Waals surface area contributed by atoms with Crippen molar-refractivity contribution < 1.29 is 10.0 Å². The van der Waals surface area contributed by atoms with E-state index in [0.29, 0.717) is 15.6 Å². The van der Waals surface area contributed by atoms with Crippen molar-refractivity contribution in [3.63, 3.8) is 0 Å². The fraction of sp³-hybridized carbons (Fsp3) is 0.143. The van der Waals surface area contributed by atoms with E-state index in [4.69, 9.17) is 23.2 Å². The van der Waals surface area contributed by atoms with Gasteiger partial charge in [-0.3, -0.25) is 10.1 Å². The molecule has 0 saturated carbocycles. The van der Waals surface area contributed by atoms with Crippen LogP contribution in [0.2, 0.25) is 10.0 Å². The fourth-order valence-electron chi connectivity index (χ4n) is 2.00. The molecule has 2 N–H and O–H groups in total. The number of halogens is 2. The first kappa shape index (κ1) is 15.6. The average Bonchev–Trinajstić information content (AvgIpc) is 2.46. The van der Waals surface area contributed by atoms with Gasteiger partial charge in [0, 0.05) is 21.7 Å². The lowest BCUT2D eigenvalue weighted by molar-refractivity contribution is -0.384. The Morgan fingerprint density at radius 3 is 2.33 bits per heavy atom. The topological polar surface area (TPSA) is 75.4 Å². The van der Waals surface area contributed by atoms with Gasteiger partial charge in [0.2, 0.25) is 0 Å². The van der Waals surface area contributed by atoms with Crippen LogP contribution in [0.5, 0.6) is 0 Å². The predicted molar refractivity (Wildman–Crippen MR) is 83.0 cm³/mol. The van der Waals surface area contributed by atoms with Crippen molar-refractivity contribution in [1.29, 1.82) is 0 Å². The van der Waals surface area contributed by atoms with Crippen molar-refractivity contribution in [3.8, 4) is 0 Å². The summed E-state index contributed by atoms with van der Waals surface area (Å²) in [5.41, 5.74) is 0.707. The summed E-state index contributed by atoms with van der Waals surface area (Å²) in [4.78, 5) is 10.5. The highest BCUT2D eigenvalue weighted by atomic mass is 35.5. The second-order valence-corrected chi connectivity index (χ2v) is 5.10. The Labute approximate surface area is 131 Å². The number of nitrogens with zero attached hydrogens (tertiary/aromatic N) is 1. The van der Waals surface area contributed by atoms with Gasteiger partial charge in [-0.2, -0.15) is 0 Å². The zero-order chi connectivity index (χ0) is 15.4. The molecule has 2 aromatic carbocycles. The fourth-order valence-corrected chi connectivity index (χ4v) is 2.66.